The fraction of sp³-hybridized carbons (Fsp3) is 0.381. The van der Waals surface area contributed by atoms with Gasteiger partial charge in [0.2, 0.25) is 0 Å². The smallest absolute Gasteiger partial charge is 0.191 e. The van der Waals surface area contributed by atoms with E-state index in [1.165, 1.54) is 6.07 Å². The van der Waals surface area contributed by atoms with Gasteiger partial charge in [-0.1, -0.05) is 18.2 Å². The van der Waals surface area contributed by atoms with Crippen LogP contribution in [0.15, 0.2) is 47.5 Å². The van der Waals surface area contributed by atoms with Crippen LogP contribution in [0.2, 0.25) is 0 Å². The number of rotatable bonds is 9. The summed E-state index contributed by atoms with van der Waals surface area (Å²) in [6.45, 7) is 4.09. The molecule has 0 aliphatic rings. The molecule has 0 aliphatic heterocycles. The van der Waals surface area contributed by atoms with Gasteiger partial charge in [-0.05, 0) is 55.2 Å². The first-order valence-electron chi connectivity index (χ1n) is 9.13. The van der Waals surface area contributed by atoms with Gasteiger partial charge in [-0.3, -0.25) is 0 Å². The van der Waals surface area contributed by atoms with E-state index in [1.54, 1.807) is 26.4 Å². The summed E-state index contributed by atoms with van der Waals surface area (Å²) in [7, 11) is 3.24. The van der Waals surface area contributed by atoms with Crippen LogP contribution < -0.4 is 20.1 Å². The number of nitrogens with one attached hydrogen (secondary N) is 2. The lowest BCUT2D eigenvalue weighted by Crippen LogP contribution is -2.37. The number of methoxy groups -OCH3 is 2. The minimum atomic E-state index is -0.190. The van der Waals surface area contributed by atoms with Crippen LogP contribution in [-0.2, 0) is 13.0 Å². The van der Waals surface area contributed by atoms with Crippen LogP contribution in [0.5, 0.6) is 11.5 Å². The van der Waals surface area contributed by atoms with Gasteiger partial charge >= 0.3 is 0 Å². The third-order valence-corrected chi connectivity index (χ3v) is 4.04. The normalized spacial score (nSPS) is 11.2. The fourth-order valence-electron chi connectivity index (χ4n) is 2.68. The van der Waals surface area contributed by atoms with Gasteiger partial charge in [0.05, 0.1) is 20.8 Å². The number of aryl methyl sites for hydroxylation is 1. The van der Waals surface area contributed by atoms with Crippen molar-refractivity contribution in [3.05, 3.63) is 59.4 Å². The maximum Gasteiger partial charge on any atom is 0.191 e. The van der Waals surface area contributed by atoms with Crippen LogP contribution in [0.3, 0.4) is 0 Å². The molecular weight excluding hydrogens is 345 g/mol. The van der Waals surface area contributed by atoms with E-state index in [4.69, 9.17) is 9.47 Å². The SMILES string of the molecule is CCNC(=NCc1ccc(OC)c(OC)c1)NCCCc1cccc(F)c1. The highest BCUT2D eigenvalue weighted by atomic mass is 19.1. The molecule has 0 spiro atoms. The molecule has 2 aromatic carbocycles. The fourth-order valence-corrected chi connectivity index (χ4v) is 2.68. The van der Waals surface area contributed by atoms with E-state index in [1.807, 2.05) is 31.2 Å². The number of aliphatic imine (C=N–C) groups is 1. The van der Waals surface area contributed by atoms with Crippen molar-refractivity contribution in [1.82, 2.24) is 10.6 Å². The van der Waals surface area contributed by atoms with Gasteiger partial charge in [0.25, 0.3) is 0 Å². The summed E-state index contributed by atoms with van der Waals surface area (Å²) in [5.74, 6) is 1.96. The van der Waals surface area contributed by atoms with Crippen LogP contribution in [0.25, 0.3) is 0 Å². The summed E-state index contributed by atoms with van der Waals surface area (Å²) in [5, 5.41) is 6.55. The second-order valence-corrected chi connectivity index (χ2v) is 6.04. The summed E-state index contributed by atoms with van der Waals surface area (Å²) in [6, 6.07) is 12.5. The summed E-state index contributed by atoms with van der Waals surface area (Å²) in [6.07, 6.45) is 1.71. The zero-order chi connectivity index (χ0) is 19.5. The number of halogens is 1. The summed E-state index contributed by atoms with van der Waals surface area (Å²) in [4.78, 5) is 4.61. The van der Waals surface area contributed by atoms with Crippen molar-refractivity contribution in [1.29, 1.82) is 0 Å². The minimum absolute atomic E-state index is 0.190. The number of benzene rings is 2. The van der Waals surface area contributed by atoms with Crippen molar-refractivity contribution in [3.63, 3.8) is 0 Å². The maximum atomic E-state index is 13.2. The average Bonchev–Trinajstić information content (AvgIpc) is 2.69. The van der Waals surface area contributed by atoms with Crippen molar-refractivity contribution in [2.24, 2.45) is 4.99 Å². The molecule has 2 N–H and O–H groups in total. The second-order valence-electron chi connectivity index (χ2n) is 6.04. The van der Waals surface area contributed by atoms with Crippen LogP contribution in [0.1, 0.15) is 24.5 Å². The molecule has 0 aromatic heterocycles. The number of guanidine groups is 1. The molecule has 0 aliphatic carbocycles. The van der Waals surface area contributed by atoms with E-state index >= 15 is 0 Å². The Morgan fingerprint density at radius 1 is 1.00 bits per heavy atom. The first-order valence-corrected chi connectivity index (χ1v) is 9.13. The Morgan fingerprint density at radius 2 is 1.81 bits per heavy atom. The Hall–Kier alpha value is -2.76. The first-order chi connectivity index (χ1) is 13.2. The van der Waals surface area contributed by atoms with Crippen LogP contribution in [0, 0.1) is 5.82 Å². The third-order valence-electron chi connectivity index (χ3n) is 4.04. The molecule has 146 valence electrons. The minimum Gasteiger partial charge on any atom is -0.493 e. The van der Waals surface area contributed by atoms with E-state index in [2.05, 4.69) is 15.6 Å². The predicted octanol–water partition coefficient (Wildman–Crippen LogP) is 3.53. The predicted molar refractivity (Wildman–Crippen MR) is 107 cm³/mol. The van der Waals surface area contributed by atoms with E-state index in [0.29, 0.717) is 18.0 Å². The molecule has 0 saturated heterocycles. The largest absolute Gasteiger partial charge is 0.493 e. The van der Waals surface area contributed by atoms with Crippen LogP contribution in [-0.4, -0.2) is 33.3 Å². The molecule has 0 bridgehead atoms. The van der Waals surface area contributed by atoms with Gasteiger partial charge in [-0.2, -0.15) is 0 Å². The molecule has 0 unspecified atom stereocenters. The number of ether oxygens (including phenoxy) is 2. The lowest BCUT2D eigenvalue weighted by atomic mass is 10.1. The quantitative estimate of drug-likeness (QED) is 0.401. The summed E-state index contributed by atoms with van der Waals surface area (Å²) < 4.78 is 23.8. The van der Waals surface area contributed by atoms with Crippen LogP contribution >= 0.6 is 0 Å². The van der Waals surface area contributed by atoms with Crippen molar-refractivity contribution >= 4 is 5.96 Å². The Kier molecular flexibility index (Phi) is 8.42. The van der Waals surface area contributed by atoms with Gasteiger partial charge in [0.15, 0.2) is 17.5 Å². The molecule has 0 atom stereocenters. The molecule has 0 fully saturated rings. The third kappa shape index (κ3) is 6.81. The molecule has 0 radical (unpaired) electrons. The highest BCUT2D eigenvalue weighted by molar-refractivity contribution is 5.79. The van der Waals surface area contributed by atoms with Gasteiger partial charge in [-0.15, -0.1) is 0 Å². The molecule has 27 heavy (non-hydrogen) atoms. The monoisotopic (exact) mass is 373 g/mol. The van der Waals surface area contributed by atoms with Crippen molar-refractivity contribution < 1.29 is 13.9 Å². The molecule has 0 heterocycles. The zero-order valence-electron chi connectivity index (χ0n) is 16.2. The van der Waals surface area contributed by atoms with Gasteiger partial charge < -0.3 is 20.1 Å². The molecule has 0 amide bonds. The maximum absolute atomic E-state index is 13.2. The van der Waals surface area contributed by atoms with Gasteiger partial charge in [-0.25, -0.2) is 9.38 Å². The van der Waals surface area contributed by atoms with E-state index < -0.39 is 0 Å². The van der Waals surface area contributed by atoms with E-state index in [0.717, 1.165) is 43.0 Å². The molecule has 0 saturated carbocycles. The molecule has 2 rings (SSSR count). The number of hydrogen-bond donors (Lipinski definition) is 2. The molecule has 6 heteroatoms. The van der Waals surface area contributed by atoms with E-state index in [-0.39, 0.29) is 5.82 Å². The lowest BCUT2D eigenvalue weighted by Gasteiger charge is -2.12. The lowest BCUT2D eigenvalue weighted by molar-refractivity contribution is 0.354. The van der Waals surface area contributed by atoms with E-state index in [9.17, 15) is 4.39 Å². The Labute approximate surface area is 160 Å². The number of nitrogens with zero attached hydrogens (tertiary/aromatic N) is 1. The van der Waals surface area contributed by atoms with Crippen molar-refractivity contribution in [2.45, 2.75) is 26.3 Å². The zero-order valence-corrected chi connectivity index (χ0v) is 16.2. The van der Waals surface area contributed by atoms with Crippen molar-refractivity contribution in [2.75, 3.05) is 27.3 Å². The average molecular weight is 373 g/mol. The standard InChI is InChI=1S/C21H28FN3O2/c1-4-23-21(24-12-6-8-16-7-5-9-18(22)13-16)25-15-17-10-11-19(26-2)20(14-17)27-3/h5,7,9-11,13-14H,4,6,8,12,15H2,1-3H3,(H2,23,24,25). The topological polar surface area (TPSA) is 54.9 Å². The molecular formula is C21H28FN3O2. The summed E-state index contributed by atoms with van der Waals surface area (Å²) in [5.41, 5.74) is 2.04. The highest BCUT2D eigenvalue weighted by Crippen LogP contribution is 2.27. The summed E-state index contributed by atoms with van der Waals surface area (Å²) >= 11 is 0. The Bertz CT molecular complexity index is 750. The van der Waals surface area contributed by atoms with Crippen LogP contribution in [0.4, 0.5) is 4.39 Å². The van der Waals surface area contributed by atoms with Crippen molar-refractivity contribution in [3.8, 4) is 11.5 Å². The Balaban J connectivity index is 1.88. The highest BCUT2D eigenvalue weighted by Gasteiger charge is 2.05. The Morgan fingerprint density at radius 3 is 2.52 bits per heavy atom. The first kappa shape index (κ1) is 20.6. The van der Waals surface area contributed by atoms with Gasteiger partial charge in [0, 0.05) is 13.1 Å². The molecule has 2 aromatic rings. The molecule has 5 nitrogen and oxygen atoms in total. The number of hydrogen-bond acceptors (Lipinski definition) is 3. The second kappa shape index (κ2) is 11.1. The van der Waals surface area contributed by atoms with Gasteiger partial charge in [0.1, 0.15) is 5.82 Å².